The average molecular weight is 406 g/mol. The topological polar surface area (TPSA) is 26.8 Å². The van der Waals surface area contributed by atoms with Crippen LogP contribution in [0.15, 0.2) is 54.6 Å². The third-order valence-corrected chi connectivity index (χ3v) is 6.71. The van der Waals surface area contributed by atoms with Crippen molar-refractivity contribution in [1.29, 1.82) is 0 Å². The van der Waals surface area contributed by atoms with Gasteiger partial charge in [0.2, 0.25) is 0 Å². The number of carbonyl (C=O) groups is 1. The van der Waals surface area contributed by atoms with E-state index in [1.807, 2.05) is 17.0 Å². The molecule has 0 bridgehead atoms. The van der Waals surface area contributed by atoms with Crippen LogP contribution in [0.5, 0.6) is 0 Å². The molecular formula is C26H35N3O. The van der Waals surface area contributed by atoms with Crippen LogP contribution < -0.4 is 0 Å². The monoisotopic (exact) mass is 405 g/mol. The van der Waals surface area contributed by atoms with Gasteiger partial charge < -0.3 is 4.90 Å². The van der Waals surface area contributed by atoms with Crippen LogP contribution in [0.25, 0.3) is 0 Å². The summed E-state index contributed by atoms with van der Waals surface area (Å²) in [5.41, 5.74) is 3.49. The minimum Gasteiger partial charge on any atom is -0.339 e. The normalized spacial score (nSPS) is 18.7. The highest BCUT2D eigenvalue weighted by atomic mass is 16.2. The van der Waals surface area contributed by atoms with Gasteiger partial charge in [0.1, 0.15) is 0 Å². The van der Waals surface area contributed by atoms with E-state index in [1.165, 1.54) is 43.5 Å². The summed E-state index contributed by atoms with van der Waals surface area (Å²) in [5.74, 6) is 0.184. The summed E-state index contributed by atoms with van der Waals surface area (Å²) < 4.78 is 0. The second-order valence-corrected chi connectivity index (χ2v) is 8.96. The lowest BCUT2D eigenvalue weighted by Crippen LogP contribution is -2.45. The van der Waals surface area contributed by atoms with Gasteiger partial charge in [0.15, 0.2) is 0 Å². The maximum Gasteiger partial charge on any atom is 0.253 e. The molecule has 0 unspecified atom stereocenters. The molecule has 0 aromatic heterocycles. The van der Waals surface area contributed by atoms with Crippen LogP contribution in [0.2, 0.25) is 0 Å². The lowest BCUT2D eigenvalue weighted by molar-refractivity contribution is 0.0639. The van der Waals surface area contributed by atoms with Crippen LogP contribution in [0.4, 0.5) is 0 Å². The van der Waals surface area contributed by atoms with Gasteiger partial charge in [-0.1, -0.05) is 48.9 Å². The van der Waals surface area contributed by atoms with Crippen molar-refractivity contribution in [3.05, 3.63) is 71.3 Å². The van der Waals surface area contributed by atoms with Gasteiger partial charge in [-0.2, -0.15) is 0 Å². The van der Waals surface area contributed by atoms with E-state index >= 15 is 0 Å². The molecule has 2 aliphatic rings. The van der Waals surface area contributed by atoms with Gasteiger partial charge in [-0.3, -0.25) is 14.6 Å². The van der Waals surface area contributed by atoms with Crippen LogP contribution in [0, 0.1) is 0 Å². The fraction of sp³-hybridized carbons (Fsp3) is 0.500. The molecule has 0 spiro atoms. The fourth-order valence-electron chi connectivity index (χ4n) is 4.82. The zero-order valence-electron chi connectivity index (χ0n) is 18.3. The molecule has 30 heavy (non-hydrogen) atoms. The zero-order valence-corrected chi connectivity index (χ0v) is 18.3. The molecule has 0 atom stereocenters. The maximum absolute atomic E-state index is 13.0. The molecule has 0 aliphatic carbocycles. The highest BCUT2D eigenvalue weighted by Crippen LogP contribution is 2.20. The number of benzene rings is 2. The first kappa shape index (κ1) is 21.1. The number of piperidine rings is 2. The molecule has 4 heteroatoms. The Morgan fingerprint density at radius 2 is 1.53 bits per heavy atom. The minimum absolute atomic E-state index is 0.184. The van der Waals surface area contributed by atoms with Crippen molar-refractivity contribution in [3.8, 4) is 0 Å². The molecule has 2 aliphatic heterocycles. The second kappa shape index (κ2) is 10.2. The molecular weight excluding hydrogens is 370 g/mol. The molecule has 0 saturated carbocycles. The van der Waals surface area contributed by atoms with Crippen LogP contribution in [-0.2, 0) is 13.1 Å². The highest BCUT2D eigenvalue weighted by Gasteiger charge is 2.26. The second-order valence-electron chi connectivity index (χ2n) is 8.96. The molecule has 2 fully saturated rings. The number of rotatable bonds is 6. The van der Waals surface area contributed by atoms with Crippen LogP contribution in [0.3, 0.4) is 0 Å². The fourth-order valence-corrected chi connectivity index (χ4v) is 4.82. The summed E-state index contributed by atoms with van der Waals surface area (Å²) in [6.07, 6.45) is 6.08. The van der Waals surface area contributed by atoms with E-state index in [9.17, 15) is 4.79 Å². The highest BCUT2D eigenvalue weighted by molar-refractivity contribution is 5.94. The molecule has 4 rings (SSSR count). The number of amides is 1. The van der Waals surface area contributed by atoms with E-state index in [1.54, 1.807) is 0 Å². The molecule has 2 aromatic carbocycles. The first-order valence-corrected chi connectivity index (χ1v) is 11.5. The Balaban J connectivity index is 1.26. The Bertz CT molecular complexity index is 791. The largest absolute Gasteiger partial charge is 0.339 e. The van der Waals surface area contributed by atoms with E-state index in [-0.39, 0.29) is 5.91 Å². The van der Waals surface area contributed by atoms with Crippen LogP contribution in [0.1, 0.15) is 53.6 Å². The van der Waals surface area contributed by atoms with Gasteiger partial charge in [-0.25, -0.2) is 0 Å². The van der Waals surface area contributed by atoms with Gasteiger partial charge in [-0.15, -0.1) is 0 Å². The summed E-state index contributed by atoms with van der Waals surface area (Å²) in [7, 11) is 2.20. The first-order valence-electron chi connectivity index (χ1n) is 11.5. The average Bonchev–Trinajstić information content (AvgIpc) is 2.80. The molecule has 0 N–H and O–H groups in total. The van der Waals surface area contributed by atoms with Crippen molar-refractivity contribution in [2.24, 2.45) is 0 Å². The molecule has 0 radical (unpaired) electrons. The van der Waals surface area contributed by atoms with Gasteiger partial charge in [0.05, 0.1) is 0 Å². The third kappa shape index (κ3) is 5.50. The SMILES string of the molecule is CN(Cc1ccccc1)C1CCN(C(=O)c2ccc(CN3CCCCC3)cc2)CC1. The van der Waals surface area contributed by atoms with Crippen molar-refractivity contribution < 1.29 is 4.79 Å². The van der Waals surface area contributed by atoms with E-state index in [0.29, 0.717) is 6.04 Å². The summed E-state index contributed by atoms with van der Waals surface area (Å²) in [6, 6.07) is 19.5. The van der Waals surface area contributed by atoms with Crippen molar-refractivity contribution in [1.82, 2.24) is 14.7 Å². The number of nitrogens with zero attached hydrogens (tertiary/aromatic N) is 3. The molecule has 4 nitrogen and oxygen atoms in total. The Kier molecular flexibility index (Phi) is 7.19. The molecule has 160 valence electrons. The van der Waals surface area contributed by atoms with Crippen molar-refractivity contribution in [3.63, 3.8) is 0 Å². The van der Waals surface area contributed by atoms with Crippen molar-refractivity contribution in [2.75, 3.05) is 33.2 Å². The molecule has 2 aromatic rings. The van der Waals surface area contributed by atoms with E-state index in [4.69, 9.17) is 0 Å². The van der Waals surface area contributed by atoms with E-state index in [2.05, 4.69) is 59.3 Å². The van der Waals surface area contributed by atoms with Gasteiger partial charge in [-0.05, 0) is 69.1 Å². The van der Waals surface area contributed by atoms with E-state index < -0.39 is 0 Å². The third-order valence-electron chi connectivity index (χ3n) is 6.71. The van der Waals surface area contributed by atoms with Crippen LogP contribution in [-0.4, -0.2) is 59.9 Å². The summed E-state index contributed by atoms with van der Waals surface area (Å²) >= 11 is 0. The summed E-state index contributed by atoms with van der Waals surface area (Å²) in [4.78, 5) is 20.0. The standard InChI is InChI=1S/C26H35N3O/c1-27(20-22-8-4-2-5-9-22)25-14-18-29(19-15-25)26(30)24-12-10-23(11-13-24)21-28-16-6-3-7-17-28/h2,4-5,8-13,25H,3,6-7,14-21H2,1H3. The Morgan fingerprint density at radius 1 is 0.867 bits per heavy atom. The van der Waals surface area contributed by atoms with Gasteiger partial charge in [0, 0.05) is 37.8 Å². The zero-order chi connectivity index (χ0) is 20.8. The predicted molar refractivity (Wildman–Crippen MR) is 122 cm³/mol. The smallest absolute Gasteiger partial charge is 0.253 e. The summed E-state index contributed by atoms with van der Waals surface area (Å²) in [6.45, 7) is 6.07. The molecule has 2 heterocycles. The first-order chi connectivity index (χ1) is 14.7. The summed E-state index contributed by atoms with van der Waals surface area (Å²) in [5, 5.41) is 0. The Labute approximate surface area is 181 Å². The van der Waals surface area contributed by atoms with E-state index in [0.717, 1.165) is 44.6 Å². The quantitative estimate of drug-likeness (QED) is 0.712. The van der Waals surface area contributed by atoms with Gasteiger partial charge in [0.25, 0.3) is 5.91 Å². The van der Waals surface area contributed by atoms with Crippen molar-refractivity contribution >= 4 is 5.91 Å². The molecule has 1 amide bonds. The molecule has 2 saturated heterocycles. The lowest BCUT2D eigenvalue weighted by atomic mass is 10.0. The Hall–Kier alpha value is -2.17. The number of hydrogen-bond acceptors (Lipinski definition) is 3. The maximum atomic E-state index is 13.0. The number of likely N-dealkylation sites (tertiary alicyclic amines) is 2. The van der Waals surface area contributed by atoms with Crippen molar-refractivity contribution in [2.45, 2.75) is 51.2 Å². The minimum atomic E-state index is 0.184. The Morgan fingerprint density at radius 3 is 2.20 bits per heavy atom. The number of carbonyl (C=O) groups excluding carboxylic acids is 1. The number of hydrogen-bond donors (Lipinski definition) is 0. The predicted octanol–water partition coefficient (Wildman–Crippen LogP) is 4.41. The van der Waals surface area contributed by atoms with Gasteiger partial charge >= 0.3 is 0 Å². The lowest BCUT2D eigenvalue weighted by Gasteiger charge is -2.37. The van der Waals surface area contributed by atoms with Crippen LogP contribution >= 0.6 is 0 Å².